The van der Waals surface area contributed by atoms with Crippen LogP contribution in [0, 0.1) is 0 Å². The Morgan fingerprint density at radius 2 is 1.59 bits per heavy atom. The molecular formula is C22H22ClF3N2O3S. The first-order valence-corrected chi connectivity index (χ1v) is 11.4. The number of alkyl halides is 3. The van der Waals surface area contributed by atoms with Crippen molar-refractivity contribution in [2.75, 3.05) is 0 Å². The van der Waals surface area contributed by atoms with Crippen LogP contribution in [-0.4, -0.2) is 23.0 Å². The van der Waals surface area contributed by atoms with Gasteiger partial charge in [0.15, 0.2) is 0 Å². The fourth-order valence-electron chi connectivity index (χ4n) is 2.64. The van der Waals surface area contributed by atoms with Crippen LogP contribution in [-0.2, 0) is 29.5 Å². The highest BCUT2D eigenvalue weighted by molar-refractivity contribution is 7.86. The fraction of sp³-hybridized carbons (Fsp3) is 0.227. The maximum atomic E-state index is 10.7. The minimum absolute atomic E-state index is 0.675. The van der Waals surface area contributed by atoms with Crippen molar-refractivity contribution in [1.82, 2.24) is 4.57 Å². The van der Waals surface area contributed by atoms with E-state index in [9.17, 15) is 13.2 Å². The van der Waals surface area contributed by atoms with E-state index < -0.39 is 15.6 Å². The number of benzene rings is 2. The van der Waals surface area contributed by atoms with Crippen LogP contribution in [0.1, 0.15) is 18.1 Å². The third-order valence-corrected chi connectivity index (χ3v) is 5.19. The Labute approximate surface area is 189 Å². The van der Waals surface area contributed by atoms with Crippen molar-refractivity contribution in [3.63, 3.8) is 0 Å². The first-order valence-electron chi connectivity index (χ1n) is 9.56. The molecule has 0 radical (unpaired) electrons. The molecular weight excluding hydrogens is 465 g/mol. The van der Waals surface area contributed by atoms with Gasteiger partial charge in [-0.15, -0.1) is 0 Å². The average molecular weight is 487 g/mol. The zero-order chi connectivity index (χ0) is 23.8. The van der Waals surface area contributed by atoms with E-state index in [-0.39, 0.29) is 0 Å². The molecule has 10 heteroatoms. The Hall–Kier alpha value is -2.62. The third kappa shape index (κ3) is 8.14. The molecule has 0 unspecified atom stereocenters. The van der Waals surface area contributed by atoms with Crippen molar-refractivity contribution in [3.8, 4) is 0 Å². The van der Waals surface area contributed by atoms with Crippen LogP contribution >= 0.6 is 11.6 Å². The van der Waals surface area contributed by atoms with Crippen LogP contribution in [0.3, 0.4) is 0 Å². The molecule has 3 rings (SSSR count). The molecule has 0 atom stereocenters. The van der Waals surface area contributed by atoms with Crippen molar-refractivity contribution < 1.29 is 26.1 Å². The lowest BCUT2D eigenvalue weighted by atomic mass is 10.0. The predicted molar refractivity (Wildman–Crippen MR) is 118 cm³/mol. The SMILES string of the molecule is CCn1ccc(=Nc2cccc(CCc3ccccc3)c2)c(Cl)c1.O=S(=O)(O)C(F)(F)F. The first kappa shape index (κ1) is 25.6. The van der Waals surface area contributed by atoms with Crippen LogP contribution < -0.4 is 5.36 Å². The van der Waals surface area contributed by atoms with Crippen molar-refractivity contribution in [3.05, 3.63) is 94.6 Å². The van der Waals surface area contributed by atoms with Gasteiger partial charge in [0, 0.05) is 18.9 Å². The summed E-state index contributed by atoms with van der Waals surface area (Å²) < 4.78 is 59.6. The number of aromatic nitrogens is 1. The molecule has 1 N–H and O–H groups in total. The summed E-state index contributed by atoms with van der Waals surface area (Å²) in [6.45, 7) is 2.98. The second-order valence-corrected chi connectivity index (χ2v) is 8.52. The van der Waals surface area contributed by atoms with E-state index in [2.05, 4.69) is 60.4 Å². The molecule has 0 saturated heterocycles. The van der Waals surface area contributed by atoms with Gasteiger partial charge >= 0.3 is 15.6 Å². The highest BCUT2D eigenvalue weighted by Gasteiger charge is 2.44. The second-order valence-electron chi connectivity index (χ2n) is 6.70. The van der Waals surface area contributed by atoms with Gasteiger partial charge in [-0.25, -0.2) is 4.99 Å². The number of aryl methyl sites for hydroxylation is 3. The maximum Gasteiger partial charge on any atom is 0.522 e. The Balaban J connectivity index is 0.000000390. The van der Waals surface area contributed by atoms with Gasteiger partial charge in [0.2, 0.25) is 0 Å². The summed E-state index contributed by atoms with van der Waals surface area (Å²) in [5, 5.41) is 1.48. The summed E-state index contributed by atoms with van der Waals surface area (Å²) in [7, 11) is -5.84. The maximum absolute atomic E-state index is 10.7. The minimum Gasteiger partial charge on any atom is -0.353 e. The molecule has 1 aromatic heterocycles. The predicted octanol–water partition coefficient (Wildman–Crippen LogP) is 5.57. The van der Waals surface area contributed by atoms with Gasteiger partial charge in [-0.1, -0.05) is 54.1 Å². The van der Waals surface area contributed by atoms with E-state index in [1.165, 1.54) is 11.1 Å². The number of halogens is 4. The van der Waals surface area contributed by atoms with Gasteiger partial charge < -0.3 is 4.57 Å². The lowest BCUT2D eigenvalue weighted by Gasteiger charge is -2.05. The van der Waals surface area contributed by atoms with Crippen LogP contribution in [0.5, 0.6) is 0 Å². The Kier molecular flexibility index (Phi) is 9.06. The quantitative estimate of drug-likeness (QED) is 0.378. The fourth-order valence-corrected chi connectivity index (χ4v) is 2.87. The van der Waals surface area contributed by atoms with Crippen LogP contribution in [0.2, 0.25) is 5.02 Å². The first-order chi connectivity index (χ1) is 15.0. The van der Waals surface area contributed by atoms with Crippen molar-refractivity contribution in [2.24, 2.45) is 4.99 Å². The van der Waals surface area contributed by atoms with Crippen molar-refractivity contribution >= 4 is 27.4 Å². The summed E-state index contributed by atoms with van der Waals surface area (Å²) in [6.07, 6.45) is 5.96. The molecule has 172 valence electrons. The highest BCUT2D eigenvalue weighted by atomic mass is 35.5. The molecule has 1 heterocycles. The summed E-state index contributed by atoms with van der Waals surface area (Å²) >= 11 is 6.32. The largest absolute Gasteiger partial charge is 0.522 e. The third-order valence-electron chi connectivity index (χ3n) is 4.31. The molecule has 5 nitrogen and oxygen atoms in total. The molecule has 2 aromatic carbocycles. The molecule has 0 aliphatic rings. The number of rotatable bonds is 5. The van der Waals surface area contributed by atoms with Gasteiger partial charge in [-0.05, 0) is 49.1 Å². The average Bonchev–Trinajstić information content (AvgIpc) is 2.74. The van der Waals surface area contributed by atoms with Crippen LogP contribution in [0.25, 0.3) is 0 Å². The molecule has 0 saturated carbocycles. The van der Waals surface area contributed by atoms with Gasteiger partial charge in [-0.3, -0.25) is 4.55 Å². The number of hydrogen-bond donors (Lipinski definition) is 1. The Morgan fingerprint density at radius 1 is 1.00 bits per heavy atom. The monoisotopic (exact) mass is 486 g/mol. The van der Waals surface area contributed by atoms with Crippen LogP contribution in [0.15, 0.2) is 78.0 Å². The van der Waals surface area contributed by atoms with Gasteiger partial charge in [-0.2, -0.15) is 21.6 Å². The van der Waals surface area contributed by atoms with Gasteiger partial charge in [0.25, 0.3) is 0 Å². The van der Waals surface area contributed by atoms with Gasteiger partial charge in [0.1, 0.15) is 0 Å². The topological polar surface area (TPSA) is 71.7 Å². The molecule has 0 fully saturated rings. The van der Waals surface area contributed by atoms with Crippen molar-refractivity contribution in [2.45, 2.75) is 31.8 Å². The molecule has 0 aliphatic carbocycles. The second kappa shape index (κ2) is 11.3. The normalized spacial score (nSPS) is 12.2. The van der Waals surface area contributed by atoms with Gasteiger partial charge in [0.05, 0.1) is 16.1 Å². The molecule has 32 heavy (non-hydrogen) atoms. The summed E-state index contributed by atoms with van der Waals surface area (Å²) in [4.78, 5) is 4.69. The van der Waals surface area contributed by atoms with Crippen molar-refractivity contribution in [1.29, 1.82) is 0 Å². The standard InChI is InChI=1S/C21H21ClN2.CHF3O3S/c1-2-24-14-13-21(20(22)16-24)23-19-10-6-9-18(15-19)12-11-17-7-4-3-5-8-17;2-1(3,4)8(5,6)7/h3-10,13-16H,2,11-12H2,1H3;(H,5,6,7). The molecule has 0 bridgehead atoms. The zero-order valence-electron chi connectivity index (χ0n) is 17.1. The lowest BCUT2D eigenvalue weighted by molar-refractivity contribution is -0.0510. The van der Waals surface area contributed by atoms with E-state index in [1.54, 1.807) is 0 Å². The highest BCUT2D eigenvalue weighted by Crippen LogP contribution is 2.20. The molecule has 0 spiro atoms. The lowest BCUT2D eigenvalue weighted by Crippen LogP contribution is -2.21. The van der Waals surface area contributed by atoms with E-state index in [0.29, 0.717) is 5.02 Å². The Morgan fingerprint density at radius 3 is 2.16 bits per heavy atom. The van der Waals surface area contributed by atoms with Crippen LogP contribution in [0.4, 0.5) is 18.9 Å². The number of hydrogen-bond acceptors (Lipinski definition) is 3. The van der Waals surface area contributed by atoms with E-state index in [4.69, 9.17) is 24.6 Å². The van der Waals surface area contributed by atoms with E-state index in [1.807, 2.05) is 29.1 Å². The molecule has 0 aliphatic heterocycles. The van der Waals surface area contributed by atoms with E-state index >= 15 is 0 Å². The number of pyridine rings is 1. The Bertz CT molecular complexity index is 1190. The minimum atomic E-state index is -5.84. The molecule has 0 amide bonds. The zero-order valence-corrected chi connectivity index (χ0v) is 18.7. The smallest absolute Gasteiger partial charge is 0.353 e. The summed E-state index contributed by atoms with van der Waals surface area (Å²) in [5.41, 5.74) is -1.95. The summed E-state index contributed by atoms with van der Waals surface area (Å²) in [6, 6.07) is 20.9. The number of nitrogens with zero attached hydrogens (tertiary/aromatic N) is 2. The summed E-state index contributed by atoms with van der Waals surface area (Å²) in [5.74, 6) is 0. The van der Waals surface area contributed by atoms with E-state index in [0.717, 1.165) is 30.4 Å². The molecule has 3 aromatic rings.